The van der Waals surface area contributed by atoms with Crippen molar-refractivity contribution in [1.82, 2.24) is 9.55 Å². The van der Waals surface area contributed by atoms with Crippen LogP contribution in [0.15, 0.2) is 71.0 Å². The normalized spacial score (nSPS) is 11.7. The molecule has 0 aliphatic rings. The molecule has 27 heavy (non-hydrogen) atoms. The highest BCUT2D eigenvalue weighted by molar-refractivity contribution is 7.98. The van der Waals surface area contributed by atoms with Gasteiger partial charge < -0.3 is 4.74 Å². The molecule has 0 spiro atoms. The van der Waals surface area contributed by atoms with Crippen LogP contribution >= 0.6 is 11.8 Å². The van der Waals surface area contributed by atoms with Crippen LogP contribution in [0.2, 0.25) is 0 Å². The molecule has 0 atom stereocenters. The van der Waals surface area contributed by atoms with Crippen molar-refractivity contribution >= 4 is 21.6 Å². The van der Waals surface area contributed by atoms with E-state index >= 15 is 0 Å². The van der Waals surface area contributed by atoms with Gasteiger partial charge in [-0.1, -0.05) is 30.0 Å². The highest BCUT2D eigenvalue weighted by Crippen LogP contribution is 2.26. The van der Waals surface area contributed by atoms with Gasteiger partial charge in [0, 0.05) is 24.2 Å². The van der Waals surface area contributed by atoms with Crippen LogP contribution < -0.4 is 4.74 Å². The maximum absolute atomic E-state index is 12.6. The number of halogens is 2. The largest absolute Gasteiger partial charge is 0.497 e. The van der Waals surface area contributed by atoms with E-state index in [1.54, 1.807) is 13.3 Å². The van der Waals surface area contributed by atoms with E-state index < -0.39 is 15.6 Å². The number of rotatable bonds is 7. The molecule has 0 N–H and O–H groups in total. The maximum Gasteiger partial charge on any atom is 0.341 e. The van der Waals surface area contributed by atoms with Gasteiger partial charge in [-0.3, -0.25) is 4.57 Å². The van der Waals surface area contributed by atoms with Crippen molar-refractivity contribution in [3.8, 4) is 11.4 Å². The van der Waals surface area contributed by atoms with Crippen molar-refractivity contribution in [1.29, 1.82) is 0 Å². The molecule has 3 rings (SSSR count). The fraction of sp³-hybridized carbons (Fsp3) is 0.167. The standard InChI is InChI=1S/C18H16F2N2O3S2/c1-25-15-4-2-3-14(11-15)22-10-9-21-18(22)26-12-13-5-7-16(8-6-13)27(23,24)17(19)20/h2-11,17H,12H2,1H3. The van der Waals surface area contributed by atoms with Crippen molar-refractivity contribution in [3.05, 3.63) is 66.5 Å². The lowest BCUT2D eigenvalue weighted by atomic mass is 10.2. The van der Waals surface area contributed by atoms with Crippen LogP contribution in [0.5, 0.6) is 5.75 Å². The van der Waals surface area contributed by atoms with Crippen molar-refractivity contribution in [2.24, 2.45) is 0 Å². The molecule has 0 saturated carbocycles. The van der Waals surface area contributed by atoms with Crippen LogP contribution in [0.25, 0.3) is 5.69 Å². The van der Waals surface area contributed by atoms with Crippen LogP contribution in [0, 0.1) is 0 Å². The van der Waals surface area contributed by atoms with E-state index in [1.165, 1.54) is 36.0 Å². The number of nitrogens with zero attached hydrogens (tertiary/aromatic N) is 2. The second kappa shape index (κ2) is 8.10. The van der Waals surface area contributed by atoms with Crippen LogP contribution in [-0.4, -0.2) is 30.8 Å². The molecule has 1 heterocycles. The average molecular weight is 410 g/mol. The van der Waals surface area contributed by atoms with Crippen LogP contribution in [0.4, 0.5) is 8.78 Å². The van der Waals surface area contributed by atoms with Gasteiger partial charge in [-0.2, -0.15) is 8.78 Å². The molecular formula is C18H16F2N2O3S2. The lowest BCUT2D eigenvalue weighted by molar-refractivity contribution is 0.234. The Hall–Kier alpha value is -2.39. The zero-order valence-electron chi connectivity index (χ0n) is 14.2. The first-order chi connectivity index (χ1) is 12.9. The summed E-state index contributed by atoms with van der Waals surface area (Å²) in [5, 5.41) is 0.743. The quantitative estimate of drug-likeness (QED) is 0.547. The number of alkyl halides is 2. The Morgan fingerprint density at radius 1 is 1.19 bits per heavy atom. The number of thioether (sulfide) groups is 1. The first-order valence-electron chi connectivity index (χ1n) is 7.83. The summed E-state index contributed by atoms with van der Waals surface area (Å²) in [6.45, 7) is 0. The van der Waals surface area contributed by atoms with Gasteiger partial charge in [0.05, 0.1) is 17.7 Å². The summed E-state index contributed by atoms with van der Waals surface area (Å²) in [5.74, 6) is -2.18. The Morgan fingerprint density at radius 2 is 1.93 bits per heavy atom. The first-order valence-corrected chi connectivity index (χ1v) is 10.4. The molecule has 2 aromatic carbocycles. The molecule has 142 valence electrons. The summed E-state index contributed by atoms with van der Waals surface area (Å²) in [6.07, 6.45) is 3.51. The van der Waals surface area contributed by atoms with E-state index in [-0.39, 0.29) is 4.90 Å². The number of hydrogen-bond acceptors (Lipinski definition) is 5. The molecule has 0 saturated heterocycles. The van der Waals surface area contributed by atoms with E-state index in [2.05, 4.69) is 4.98 Å². The lowest BCUT2D eigenvalue weighted by Crippen LogP contribution is -2.11. The highest BCUT2D eigenvalue weighted by Gasteiger charge is 2.26. The van der Waals surface area contributed by atoms with E-state index in [9.17, 15) is 17.2 Å². The van der Waals surface area contributed by atoms with Crippen LogP contribution in [0.1, 0.15) is 5.56 Å². The van der Waals surface area contributed by atoms with E-state index in [0.29, 0.717) is 5.75 Å². The van der Waals surface area contributed by atoms with Crippen LogP contribution in [0.3, 0.4) is 0 Å². The van der Waals surface area contributed by atoms with Gasteiger partial charge in [-0.15, -0.1) is 0 Å². The van der Waals surface area contributed by atoms with Crippen molar-refractivity contribution in [3.63, 3.8) is 0 Å². The molecule has 0 aliphatic carbocycles. The summed E-state index contributed by atoms with van der Waals surface area (Å²) >= 11 is 1.45. The molecule has 5 nitrogen and oxygen atoms in total. The average Bonchev–Trinajstić information content (AvgIpc) is 3.15. The van der Waals surface area contributed by atoms with Gasteiger partial charge in [-0.05, 0) is 29.8 Å². The van der Waals surface area contributed by atoms with Gasteiger partial charge in [0.2, 0.25) is 9.84 Å². The number of benzene rings is 2. The molecule has 0 radical (unpaired) electrons. The SMILES string of the molecule is COc1cccc(-n2ccnc2SCc2ccc(S(=O)(=O)C(F)F)cc2)c1. The topological polar surface area (TPSA) is 61.2 Å². The van der Waals surface area contributed by atoms with Crippen molar-refractivity contribution in [2.45, 2.75) is 21.6 Å². The predicted molar refractivity (Wildman–Crippen MR) is 99.3 cm³/mol. The third-order valence-electron chi connectivity index (χ3n) is 3.79. The number of imidazole rings is 1. The van der Waals surface area contributed by atoms with E-state index in [1.807, 2.05) is 35.0 Å². The highest BCUT2D eigenvalue weighted by atomic mass is 32.2. The second-order valence-corrected chi connectivity index (χ2v) is 8.38. The molecule has 0 fully saturated rings. The summed E-state index contributed by atoms with van der Waals surface area (Å²) in [5.41, 5.74) is 1.70. The maximum atomic E-state index is 12.6. The summed E-state index contributed by atoms with van der Waals surface area (Å²) in [4.78, 5) is 3.95. The summed E-state index contributed by atoms with van der Waals surface area (Å²) in [7, 11) is -2.97. The first kappa shape index (κ1) is 19.4. The third-order valence-corrected chi connectivity index (χ3v) is 6.23. The second-order valence-electron chi connectivity index (χ2n) is 5.52. The minimum atomic E-state index is -4.57. The van der Waals surface area contributed by atoms with Crippen molar-refractivity contribution < 1.29 is 21.9 Å². The Bertz CT molecular complexity index is 1020. The molecule has 9 heteroatoms. The Morgan fingerprint density at radius 3 is 2.59 bits per heavy atom. The van der Waals surface area contributed by atoms with Crippen molar-refractivity contribution in [2.75, 3.05) is 7.11 Å². The lowest BCUT2D eigenvalue weighted by Gasteiger charge is -2.09. The Balaban J connectivity index is 1.74. The summed E-state index contributed by atoms with van der Waals surface area (Å²) < 4.78 is 55.2. The molecule has 1 aromatic heterocycles. The molecule has 0 aliphatic heterocycles. The van der Waals surface area contributed by atoms with E-state index in [0.717, 1.165) is 22.2 Å². The van der Waals surface area contributed by atoms with Gasteiger partial charge in [-0.25, -0.2) is 13.4 Å². The van der Waals surface area contributed by atoms with Crippen LogP contribution in [-0.2, 0) is 15.6 Å². The zero-order chi connectivity index (χ0) is 19.4. The minimum absolute atomic E-state index is 0.385. The number of hydrogen-bond donors (Lipinski definition) is 0. The fourth-order valence-electron chi connectivity index (χ4n) is 2.38. The predicted octanol–water partition coefficient (Wildman–Crippen LogP) is 4.17. The fourth-order valence-corrected chi connectivity index (χ4v) is 4.03. The summed E-state index contributed by atoms with van der Waals surface area (Å²) in [6, 6.07) is 13.0. The van der Waals surface area contributed by atoms with Gasteiger partial charge in [0.1, 0.15) is 5.75 Å². The number of ether oxygens (including phenoxy) is 1. The zero-order valence-corrected chi connectivity index (χ0v) is 15.9. The van der Waals surface area contributed by atoms with E-state index in [4.69, 9.17) is 4.74 Å². The number of sulfone groups is 1. The van der Waals surface area contributed by atoms with Gasteiger partial charge in [0.25, 0.3) is 0 Å². The number of aromatic nitrogens is 2. The minimum Gasteiger partial charge on any atom is -0.497 e. The Labute approximate surface area is 159 Å². The third kappa shape index (κ3) is 4.30. The Kier molecular flexibility index (Phi) is 5.81. The molecular weight excluding hydrogens is 394 g/mol. The monoisotopic (exact) mass is 410 g/mol. The molecule has 0 bridgehead atoms. The molecule has 3 aromatic rings. The molecule has 0 amide bonds. The van der Waals surface area contributed by atoms with Gasteiger partial charge in [0.15, 0.2) is 5.16 Å². The molecule has 0 unspecified atom stereocenters. The van der Waals surface area contributed by atoms with Gasteiger partial charge >= 0.3 is 5.76 Å². The smallest absolute Gasteiger partial charge is 0.341 e. The number of methoxy groups -OCH3 is 1.